The minimum Gasteiger partial charge on any atom is -0.450 e. The molecule has 0 aliphatic heterocycles. The van der Waals surface area contributed by atoms with E-state index < -0.39 is 11.6 Å². The fraction of sp³-hybridized carbons (Fsp3) is 0.833. The number of amides is 1. The maximum absolute atomic E-state index is 11.9. The van der Waals surface area contributed by atoms with Crippen LogP contribution in [0.1, 0.15) is 52.9 Å². The van der Waals surface area contributed by atoms with Crippen LogP contribution in [0, 0.1) is 0 Å². The van der Waals surface area contributed by atoms with Crippen LogP contribution in [0.2, 0.25) is 0 Å². The molecule has 1 rings (SSSR count). The van der Waals surface area contributed by atoms with Crippen molar-refractivity contribution in [1.29, 1.82) is 0 Å². The van der Waals surface area contributed by atoms with E-state index in [1.165, 1.54) is 26.2 Å². The minimum absolute atomic E-state index is 0.199. The van der Waals surface area contributed by atoms with Gasteiger partial charge in [-0.2, -0.15) is 0 Å². The first-order chi connectivity index (χ1) is 7.42. The number of nitrogens with one attached hydrogen (secondary N) is 1. The van der Waals surface area contributed by atoms with Gasteiger partial charge in [0.2, 0.25) is 0 Å². The van der Waals surface area contributed by atoms with Crippen molar-refractivity contribution in [3.63, 3.8) is 0 Å². The second-order valence-corrected chi connectivity index (χ2v) is 4.91. The summed E-state index contributed by atoms with van der Waals surface area (Å²) >= 11 is 0. The topological polar surface area (TPSA) is 55.4 Å². The van der Waals surface area contributed by atoms with Crippen LogP contribution in [0.5, 0.6) is 0 Å². The Hall–Kier alpha value is -1.06. The molecule has 4 nitrogen and oxygen atoms in total. The zero-order valence-electron chi connectivity index (χ0n) is 10.3. The highest BCUT2D eigenvalue weighted by Crippen LogP contribution is 2.19. The molecule has 1 fully saturated rings. The molecule has 0 aromatic carbocycles. The molecule has 0 aromatic rings. The zero-order valence-corrected chi connectivity index (χ0v) is 10.3. The molecule has 4 heteroatoms. The van der Waals surface area contributed by atoms with Crippen molar-refractivity contribution in [3.05, 3.63) is 0 Å². The van der Waals surface area contributed by atoms with Crippen molar-refractivity contribution in [1.82, 2.24) is 5.32 Å². The Morgan fingerprint density at radius 1 is 1.19 bits per heavy atom. The monoisotopic (exact) mass is 227 g/mol. The summed E-state index contributed by atoms with van der Waals surface area (Å²) < 4.78 is 4.99. The molecule has 1 aliphatic carbocycles. The number of carbonyl (C=O) groups excluding carboxylic acids is 2. The van der Waals surface area contributed by atoms with E-state index in [9.17, 15) is 9.59 Å². The molecule has 1 aliphatic rings. The summed E-state index contributed by atoms with van der Waals surface area (Å²) in [5.41, 5.74) is -1.07. The lowest BCUT2D eigenvalue weighted by Gasteiger charge is -2.28. The highest BCUT2D eigenvalue weighted by molar-refractivity contribution is 5.86. The van der Waals surface area contributed by atoms with Crippen molar-refractivity contribution in [3.8, 4) is 0 Å². The first-order valence-electron chi connectivity index (χ1n) is 5.92. The van der Waals surface area contributed by atoms with Gasteiger partial charge in [0.15, 0.2) is 5.60 Å². The van der Waals surface area contributed by atoms with Crippen LogP contribution in [0.25, 0.3) is 0 Å². The van der Waals surface area contributed by atoms with Gasteiger partial charge < -0.3 is 10.1 Å². The van der Waals surface area contributed by atoms with Gasteiger partial charge in [0.1, 0.15) is 0 Å². The van der Waals surface area contributed by atoms with Crippen LogP contribution < -0.4 is 5.32 Å². The molecule has 1 N–H and O–H groups in total. The van der Waals surface area contributed by atoms with E-state index in [4.69, 9.17) is 4.74 Å². The van der Waals surface area contributed by atoms with Crippen LogP contribution in [0.15, 0.2) is 0 Å². The lowest BCUT2D eigenvalue weighted by atomic mass is 9.94. The van der Waals surface area contributed by atoms with Crippen molar-refractivity contribution in [2.24, 2.45) is 0 Å². The van der Waals surface area contributed by atoms with E-state index in [1.807, 2.05) is 0 Å². The smallest absolute Gasteiger partial charge is 0.303 e. The van der Waals surface area contributed by atoms with Crippen LogP contribution in [-0.2, 0) is 14.3 Å². The van der Waals surface area contributed by atoms with Crippen molar-refractivity contribution in [2.75, 3.05) is 0 Å². The van der Waals surface area contributed by atoms with E-state index in [-0.39, 0.29) is 11.9 Å². The molecule has 0 spiro atoms. The Bertz CT molecular complexity index is 267. The second kappa shape index (κ2) is 5.32. The Balaban J connectivity index is 2.46. The number of hydrogen-bond donors (Lipinski definition) is 1. The van der Waals surface area contributed by atoms with Gasteiger partial charge in [0.05, 0.1) is 0 Å². The normalized spacial score (nSPS) is 17.9. The summed E-state index contributed by atoms with van der Waals surface area (Å²) in [6.07, 6.45) is 5.64. The molecule has 0 unspecified atom stereocenters. The van der Waals surface area contributed by atoms with Crippen molar-refractivity contribution >= 4 is 11.9 Å². The number of ether oxygens (including phenoxy) is 1. The zero-order chi connectivity index (χ0) is 12.2. The third-order valence-electron chi connectivity index (χ3n) is 2.89. The average Bonchev–Trinajstić information content (AvgIpc) is 2.17. The third-order valence-corrected chi connectivity index (χ3v) is 2.89. The van der Waals surface area contributed by atoms with Crippen LogP contribution in [0.4, 0.5) is 0 Å². The number of carbonyl (C=O) groups is 2. The van der Waals surface area contributed by atoms with Gasteiger partial charge in [0, 0.05) is 13.0 Å². The molecule has 0 bridgehead atoms. The standard InChI is InChI=1S/C12H21NO3/c1-9(14)16-12(2,3)11(15)13-10-7-5-4-6-8-10/h10H,4-8H2,1-3H3,(H,13,15). The van der Waals surface area contributed by atoms with Gasteiger partial charge in [0.25, 0.3) is 5.91 Å². The Morgan fingerprint density at radius 2 is 1.75 bits per heavy atom. The molecule has 0 radical (unpaired) electrons. The fourth-order valence-corrected chi connectivity index (χ4v) is 2.01. The maximum atomic E-state index is 11.9. The summed E-state index contributed by atoms with van der Waals surface area (Å²) in [6, 6.07) is 0.246. The predicted octanol–water partition coefficient (Wildman–Crippen LogP) is 1.78. The molecular formula is C12H21NO3. The quantitative estimate of drug-likeness (QED) is 0.748. The minimum atomic E-state index is -1.07. The number of rotatable bonds is 3. The fourth-order valence-electron chi connectivity index (χ4n) is 2.01. The highest BCUT2D eigenvalue weighted by atomic mass is 16.6. The molecule has 92 valence electrons. The van der Waals surface area contributed by atoms with E-state index in [1.54, 1.807) is 13.8 Å². The predicted molar refractivity (Wildman–Crippen MR) is 60.9 cm³/mol. The Labute approximate surface area is 96.7 Å². The van der Waals surface area contributed by atoms with Gasteiger partial charge in [-0.05, 0) is 26.7 Å². The highest BCUT2D eigenvalue weighted by Gasteiger charge is 2.32. The average molecular weight is 227 g/mol. The van der Waals surface area contributed by atoms with Gasteiger partial charge in [-0.25, -0.2) is 0 Å². The summed E-state index contributed by atoms with van der Waals surface area (Å²) in [5.74, 6) is -0.626. The molecule has 0 aromatic heterocycles. The van der Waals surface area contributed by atoms with Gasteiger partial charge in [-0.15, -0.1) is 0 Å². The van der Waals surface area contributed by atoms with E-state index in [0.29, 0.717) is 0 Å². The first kappa shape index (κ1) is 13.0. The molecule has 1 saturated carbocycles. The van der Waals surface area contributed by atoms with Gasteiger partial charge in [-0.3, -0.25) is 9.59 Å². The van der Waals surface area contributed by atoms with Crippen molar-refractivity contribution < 1.29 is 14.3 Å². The molecule has 0 saturated heterocycles. The van der Waals surface area contributed by atoms with Gasteiger partial charge in [-0.1, -0.05) is 19.3 Å². The second-order valence-electron chi connectivity index (χ2n) is 4.91. The van der Waals surface area contributed by atoms with E-state index in [0.717, 1.165) is 12.8 Å². The summed E-state index contributed by atoms with van der Waals surface area (Å²) in [7, 11) is 0. The molecule has 0 heterocycles. The molecule has 1 amide bonds. The number of esters is 1. The Kier molecular flexibility index (Phi) is 4.33. The summed E-state index contributed by atoms with van der Waals surface area (Å²) in [4.78, 5) is 22.7. The number of hydrogen-bond acceptors (Lipinski definition) is 3. The van der Waals surface area contributed by atoms with Gasteiger partial charge >= 0.3 is 5.97 Å². The molecular weight excluding hydrogens is 206 g/mol. The van der Waals surface area contributed by atoms with Crippen LogP contribution in [-0.4, -0.2) is 23.5 Å². The SMILES string of the molecule is CC(=O)OC(C)(C)C(=O)NC1CCCCC1. The maximum Gasteiger partial charge on any atom is 0.303 e. The third kappa shape index (κ3) is 3.83. The van der Waals surface area contributed by atoms with Crippen LogP contribution >= 0.6 is 0 Å². The molecule has 0 atom stereocenters. The lowest BCUT2D eigenvalue weighted by molar-refractivity contribution is -0.163. The summed E-state index contributed by atoms with van der Waals surface area (Å²) in [5, 5.41) is 2.95. The lowest BCUT2D eigenvalue weighted by Crippen LogP contribution is -2.49. The van der Waals surface area contributed by atoms with E-state index in [2.05, 4.69) is 5.32 Å². The first-order valence-corrected chi connectivity index (χ1v) is 5.92. The summed E-state index contributed by atoms with van der Waals surface area (Å²) in [6.45, 7) is 4.55. The van der Waals surface area contributed by atoms with E-state index >= 15 is 0 Å². The molecule has 16 heavy (non-hydrogen) atoms. The largest absolute Gasteiger partial charge is 0.450 e. The van der Waals surface area contributed by atoms with Crippen LogP contribution in [0.3, 0.4) is 0 Å². The Morgan fingerprint density at radius 3 is 2.25 bits per heavy atom. The van der Waals surface area contributed by atoms with Crippen molar-refractivity contribution in [2.45, 2.75) is 64.5 Å².